The average Bonchev–Trinajstić information content (AvgIpc) is 3.14. The number of piperazine rings is 1. The zero-order valence-corrected chi connectivity index (χ0v) is 15.8. The van der Waals surface area contributed by atoms with Crippen molar-refractivity contribution >= 4 is 11.9 Å². The summed E-state index contributed by atoms with van der Waals surface area (Å²) in [4.78, 5) is 22.5. The molecular formula is C19H23N7O. The Balaban J connectivity index is 1.54. The van der Waals surface area contributed by atoms with Gasteiger partial charge in [0.15, 0.2) is 5.76 Å². The molecule has 140 valence electrons. The summed E-state index contributed by atoms with van der Waals surface area (Å²) in [7, 11) is 0. The first kappa shape index (κ1) is 17.4. The van der Waals surface area contributed by atoms with Gasteiger partial charge in [-0.15, -0.1) is 0 Å². The Morgan fingerprint density at radius 2 is 1.63 bits per heavy atom. The van der Waals surface area contributed by atoms with E-state index < -0.39 is 0 Å². The molecule has 0 aromatic carbocycles. The Hall–Kier alpha value is -3.03. The summed E-state index contributed by atoms with van der Waals surface area (Å²) < 4.78 is 5.43. The maximum absolute atomic E-state index is 5.43. The number of anilines is 2. The fourth-order valence-corrected chi connectivity index (χ4v) is 3.22. The van der Waals surface area contributed by atoms with Crippen LogP contribution in [0.5, 0.6) is 0 Å². The largest absolute Gasteiger partial charge is 0.356 e. The van der Waals surface area contributed by atoms with Gasteiger partial charge in [0.05, 0.1) is 17.0 Å². The minimum Gasteiger partial charge on any atom is -0.356 e. The third-order valence-corrected chi connectivity index (χ3v) is 4.64. The van der Waals surface area contributed by atoms with Crippen molar-refractivity contribution in [3.05, 3.63) is 42.1 Å². The minimum atomic E-state index is 0.256. The molecule has 0 spiro atoms. The van der Waals surface area contributed by atoms with Crippen molar-refractivity contribution in [3.8, 4) is 11.3 Å². The molecule has 0 aliphatic carbocycles. The lowest BCUT2D eigenvalue weighted by Crippen LogP contribution is -2.47. The van der Waals surface area contributed by atoms with Gasteiger partial charge in [-0.25, -0.2) is 19.9 Å². The minimum absolute atomic E-state index is 0.256. The second-order valence-electron chi connectivity index (χ2n) is 6.98. The predicted octanol–water partition coefficient (Wildman–Crippen LogP) is 2.68. The van der Waals surface area contributed by atoms with Crippen LogP contribution in [0.3, 0.4) is 0 Å². The van der Waals surface area contributed by atoms with Crippen LogP contribution in [-0.4, -0.2) is 51.3 Å². The van der Waals surface area contributed by atoms with E-state index in [0.717, 1.165) is 55.0 Å². The summed E-state index contributed by atoms with van der Waals surface area (Å²) in [5, 5.41) is 3.98. The molecule has 0 radical (unpaired) electrons. The molecule has 0 atom stereocenters. The molecule has 0 amide bonds. The molecule has 8 heteroatoms. The molecule has 0 bridgehead atoms. The summed E-state index contributed by atoms with van der Waals surface area (Å²) in [6.45, 7) is 9.51. The van der Waals surface area contributed by atoms with Crippen LogP contribution in [0, 0.1) is 6.92 Å². The summed E-state index contributed by atoms with van der Waals surface area (Å²) >= 11 is 0. The van der Waals surface area contributed by atoms with Crippen molar-refractivity contribution < 1.29 is 4.52 Å². The van der Waals surface area contributed by atoms with E-state index in [0.29, 0.717) is 5.76 Å². The fraction of sp³-hybridized carbons (Fsp3) is 0.421. The zero-order valence-electron chi connectivity index (χ0n) is 15.8. The van der Waals surface area contributed by atoms with Crippen LogP contribution in [-0.2, 0) is 0 Å². The molecule has 3 aromatic heterocycles. The van der Waals surface area contributed by atoms with E-state index in [4.69, 9.17) is 9.51 Å². The first-order valence-corrected chi connectivity index (χ1v) is 9.19. The van der Waals surface area contributed by atoms with Crippen molar-refractivity contribution in [1.29, 1.82) is 0 Å². The normalized spacial score (nSPS) is 14.8. The third kappa shape index (κ3) is 3.60. The summed E-state index contributed by atoms with van der Waals surface area (Å²) in [6, 6.07) is 3.75. The number of rotatable bonds is 4. The lowest BCUT2D eigenvalue weighted by Gasteiger charge is -2.34. The lowest BCUT2D eigenvalue weighted by molar-refractivity contribution is 0.426. The monoisotopic (exact) mass is 365 g/mol. The van der Waals surface area contributed by atoms with Gasteiger partial charge in [0.25, 0.3) is 0 Å². The maximum atomic E-state index is 5.43. The molecule has 4 rings (SSSR count). The molecule has 8 nitrogen and oxygen atoms in total. The molecule has 3 aromatic rings. The fourth-order valence-electron chi connectivity index (χ4n) is 3.22. The van der Waals surface area contributed by atoms with Gasteiger partial charge in [0.2, 0.25) is 11.9 Å². The smallest absolute Gasteiger partial charge is 0.225 e. The molecule has 0 unspecified atom stereocenters. The number of nitrogens with zero attached hydrogens (tertiary/aromatic N) is 7. The standard InChI is InChI=1S/C19H23N7O/c1-13(2)17-15(16-11-14(3)24-27-16)12-22-19(23-17)26-9-7-25(8-10-26)18-20-5-4-6-21-18/h4-6,11-13H,7-10H2,1-3H3. The van der Waals surface area contributed by atoms with E-state index in [1.165, 1.54) is 0 Å². The Bertz CT molecular complexity index is 901. The van der Waals surface area contributed by atoms with Crippen molar-refractivity contribution in [2.24, 2.45) is 0 Å². The predicted molar refractivity (Wildman–Crippen MR) is 103 cm³/mol. The highest BCUT2D eigenvalue weighted by molar-refractivity contribution is 5.61. The highest BCUT2D eigenvalue weighted by Crippen LogP contribution is 2.29. The number of hydrogen-bond acceptors (Lipinski definition) is 8. The van der Waals surface area contributed by atoms with Crippen molar-refractivity contribution in [2.45, 2.75) is 26.7 Å². The van der Waals surface area contributed by atoms with E-state index in [1.54, 1.807) is 12.4 Å². The Labute approximate surface area is 158 Å². The van der Waals surface area contributed by atoms with E-state index >= 15 is 0 Å². The quantitative estimate of drug-likeness (QED) is 0.698. The third-order valence-electron chi connectivity index (χ3n) is 4.64. The molecule has 0 saturated carbocycles. The summed E-state index contributed by atoms with van der Waals surface area (Å²) in [5.41, 5.74) is 2.73. The summed E-state index contributed by atoms with van der Waals surface area (Å²) in [6.07, 6.45) is 5.40. The molecule has 1 aliphatic rings. The maximum Gasteiger partial charge on any atom is 0.225 e. The van der Waals surface area contributed by atoms with E-state index in [-0.39, 0.29) is 5.92 Å². The second-order valence-corrected chi connectivity index (χ2v) is 6.98. The number of hydrogen-bond donors (Lipinski definition) is 0. The first-order chi connectivity index (χ1) is 13.1. The lowest BCUT2D eigenvalue weighted by atomic mass is 10.0. The molecule has 1 saturated heterocycles. The SMILES string of the molecule is Cc1cc(-c2cnc(N3CCN(c4ncccn4)CC3)nc2C(C)C)on1. The van der Waals surface area contributed by atoms with Gasteiger partial charge in [-0.2, -0.15) is 0 Å². The van der Waals surface area contributed by atoms with Crippen LogP contribution in [0.15, 0.2) is 35.2 Å². The van der Waals surface area contributed by atoms with Gasteiger partial charge < -0.3 is 14.3 Å². The van der Waals surface area contributed by atoms with Gasteiger partial charge in [-0.1, -0.05) is 19.0 Å². The Morgan fingerprint density at radius 1 is 0.963 bits per heavy atom. The molecular weight excluding hydrogens is 342 g/mol. The average molecular weight is 365 g/mol. The van der Waals surface area contributed by atoms with E-state index in [1.807, 2.05) is 25.3 Å². The van der Waals surface area contributed by atoms with Gasteiger partial charge in [-0.05, 0) is 18.9 Å². The van der Waals surface area contributed by atoms with Gasteiger partial charge >= 0.3 is 0 Å². The molecule has 0 N–H and O–H groups in total. The van der Waals surface area contributed by atoms with Crippen molar-refractivity contribution in [1.82, 2.24) is 25.1 Å². The number of aryl methyl sites for hydroxylation is 1. The summed E-state index contributed by atoms with van der Waals surface area (Å²) in [5.74, 6) is 2.50. The number of aromatic nitrogens is 5. The Kier molecular flexibility index (Phi) is 4.70. The molecule has 4 heterocycles. The van der Waals surface area contributed by atoms with E-state index in [2.05, 4.69) is 43.8 Å². The Morgan fingerprint density at radius 3 is 2.22 bits per heavy atom. The van der Waals surface area contributed by atoms with Gasteiger partial charge in [-0.3, -0.25) is 0 Å². The van der Waals surface area contributed by atoms with Crippen molar-refractivity contribution in [2.75, 3.05) is 36.0 Å². The molecule has 1 fully saturated rings. The second kappa shape index (κ2) is 7.30. The molecule has 1 aliphatic heterocycles. The van der Waals surface area contributed by atoms with Crippen LogP contribution in [0.4, 0.5) is 11.9 Å². The highest BCUT2D eigenvalue weighted by atomic mass is 16.5. The van der Waals surface area contributed by atoms with Crippen LogP contribution in [0.2, 0.25) is 0 Å². The zero-order chi connectivity index (χ0) is 18.8. The highest BCUT2D eigenvalue weighted by Gasteiger charge is 2.23. The van der Waals surface area contributed by atoms with E-state index in [9.17, 15) is 0 Å². The van der Waals surface area contributed by atoms with Gasteiger partial charge in [0, 0.05) is 50.8 Å². The van der Waals surface area contributed by atoms with Crippen LogP contribution < -0.4 is 9.80 Å². The van der Waals surface area contributed by atoms with Crippen LogP contribution in [0.25, 0.3) is 11.3 Å². The van der Waals surface area contributed by atoms with Crippen LogP contribution >= 0.6 is 0 Å². The van der Waals surface area contributed by atoms with Crippen LogP contribution in [0.1, 0.15) is 31.2 Å². The van der Waals surface area contributed by atoms with Crippen molar-refractivity contribution in [3.63, 3.8) is 0 Å². The topological polar surface area (TPSA) is 84.1 Å². The van der Waals surface area contributed by atoms with Gasteiger partial charge in [0.1, 0.15) is 0 Å². The molecule has 27 heavy (non-hydrogen) atoms. The first-order valence-electron chi connectivity index (χ1n) is 9.19.